The van der Waals surface area contributed by atoms with E-state index in [1.54, 1.807) is 0 Å². The van der Waals surface area contributed by atoms with Crippen LogP contribution in [0.5, 0.6) is 5.75 Å². The largest absolute Gasteiger partial charge is 0.491 e. The predicted octanol–water partition coefficient (Wildman–Crippen LogP) is 3.28. The number of nitrogens with one attached hydrogen (secondary N) is 1. The first-order valence-electron chi connectivity index (χ1n) is 13.6. The topological polar surface area (TPSA) is 99.3 Å². The number of benzene rings is 3. The van der Waals surface area contributed by atoms with Gasteiger partial charge in [-0.2, -0.15) is 12.7 Å². The first-order chi connectivity index (χ1) is 20.1. The summed E-state index contributed by atoms with van der Waals surface area (Å²) in [6.07, 6.45) is 0.597. The molecule has 1 fully saturated rings. The van der Waals surface area contributed by atoms with E-state index in [4.69, 9.17) is 4.74 Å². The molecule has 0 aromatic heterocycles. The number of fused-ring (bicyclic) bond motifs is 1. The number of amides is 2. The fraction of sp³-hybridized carbons (Fsp3) is 0.333. The predicted molar refractivity (Wildman–Crippen MR) is 153 cm³/mol. The minimum atomic E-state index is -4.14. The van der Waals surface area contributed by atoms with Gasteiger partial charge in [-0.05, 0) is 24.0 Å². The van der Waals surface area contributed by atoms with E-state index in [9.17, 15) is 26.8 Å². The molecule has 2 amide bonds. The zero-order valence-corrected chi connectivity index (χ0v) is 24.1. The van der Waals surface area contributed by atoms with Gasteiger partial charge in [-0.15, -0.1) is 0 Å². The van der Waals surface area contributed by atoms with E-state index in [0.717, 1.165) is 16.4 Å². The molecule has 42 heavy (non-hydrogen) atoms. The lowest BCUT2D eigenvalue weighted by Crippen LogP contribution is -2.51. The molecular formula is C30H32F2N4O5S. The second-order valence-electron chi connectivity index (χ2n) is 10.5. The number of hydrogen-bond donors (Lipinski definition) is 1. The molecule has 222 valence electrons. The van der Waals surface area contributed by atoms with Crippen LogP contribution in [0.1, 0.15) is 29.9 Å². The van der Waals surface area contributed by atoms with Gasteiger partial charge < -0.3 is 14.5 Å². The lowest BCUT2D eigenvalue weighted by molar-refractivity contribution is -0.138. The molecule has 0 bridgehead atoms. The average molecular weight is 599 g/mol. The van der Waals surface area contributed by atoms with Crippen molar-refractivity contribution in [1.29, 1.82) is 0 Å². The van der Waals surface area contributed by atoms with E-state index in [1.165, 1.54) is 19.0 Å². The van der Waals surface area contributed by atoms with Crippen LogP contribution in [0.25, 0.3) is 0 Å². The number of carbonyl (C=O) groups is 2. The Morgan fingerprint density at radius 2 is 1.57 bits per heavy atom. The smallest absolute Gasteiger partial charge is 0.303 e. The molecule has 2 aliphatic heterocycles. The molecule has 5 rings (SSSR count). The van der Waals surface area contributed by atoms with Gasteiger partial charge in [0, 0.05) is 45.4 Å². The third-order valence-corrected chi connectivity index (χ3v) is 9.06. The zero-order valence-electron chi connectivity index (χ0n) is 23.2. The van der Waals surface area contributed by atoms with E-state index >= 15 is 0 Å². The van der Waals surface area contributed by atoms with Crippen LogP contribution in [0.3, 0.4) is 0 Å². The standard InChI is InChI=1S/C30H32F2N4O5S/c1-34(2)42(39,40)33-29(37)26-16-22(35-14-9-15-41-27-18-24(32)23(31)17-25(27)35)19-36(26)30(38)28(20-10-5-3-6-11-20)21-12-7-4-8-13-21/h3-8,10-13,17-18,22,26,28H,9,14-16,19H2,1-2H3,(H,33,37)/t22-,26-/m0/s1. The van der Waals surface area contributed by atoms with E-state index in [-0.39, 0.29) is 31.2 Å². The maximum Gasteiger partial charge on any atom is 0.303 e. The number of halogens is 2. The van der Waals surface area contributed by atoms with Crippen molar-refractivity contribution in [3.05, 3.63) is 95.6 Å². The van der Waals surface area contributed by atoms with Crippen LogP contribution in [0, 0.1) is 11.6 Å². The Morgan fingerprint density at radius 1 is 0.976 bits per heavy atom. The van der Waals surface area contributed by atoms with Gasteiger partial charge in [0.2, 0.25) is 5.91 Å². The van der Waals surface area contributed by atoms with Crippen molar-refractivity contribution in [3.8, 4) is 5.75 Å². The van der Waals surface area contributed by atoms with E-state index in [0.29, 0.717) is 29.8 Å². The SMILES string of the molecule is CN(C)S(=O)(=O)NC(=O)[C@@H]1C[C@H](N2CCCOc3cc(F)c(F)cc32)CN1C(=O)C(c1ccccc1)c1ccccc1. The molecule has 0 radical (unpaired) electrons. The monoisotopic (exact) mass is 598 g/mol. The van der Waals surface area contributed by atoms with Crippen LogP contribution in [0.2, 0.25) is 0 Å². The van der Waals surface area contributed by atoms with Crippen molar-refractivity contribution in [2.75, 3.05) is 38.7 Å². The number of hydrogen-bond acceptors (Lipinski definition) is 6. The van der Waals surface area contributed by atoms with Crippen molar-refractivity contribution in [3.63, 3.8) is 0 Å². The van der Waals surface area contributed by atoms with Crippen LogP contribution >= 0.6 is 0 Å². The fourth-order valence-corrected chi connectivity index (χ4v) is 6.10. The maximum absolute atomic E-state index is 14.4. The minimum absolute atomic E-state index is 0.0491. The summed E-state index contributed by atoms with van der Waals surface area (Å²) in [7, 11) is -1.56. The molecule has 2 aliphatic rings. The van der Waals surface area contributed by atoms with Gasteiger partial charge >= 0.3 is 10.2 Å². The van der Waals surface area contributed by atoms with Crippen molar-refractivity contribution >= 4 is 27.7 Å². The van der Waals surface area contributed by atoms with Crippen LogP contribution in [0.15, 0.2) is 72.8 Å². The second kappa shape index (κ2) is 12.1. The Bertz CT molecular complexity index is 1520. The number of carbonyl (C=O) groups excluding carboxylic acids is 2. The highest BCUT2D eigenvalue weighted by Crippen LogP contribution is 2.38. The Hall–Kier alpha value is -4.03. The summed E-state index contributed by atoms with van der Waals surface area (Å²) in [5.41, 5.74) is 1.74. The van der Waals surface area contributed by atoms with Crippen molar-refractivity contribution in [2.24, 2.45) is 0 Å². The van der Waals surface area contributed by atoms with Crippen LogP contribution < -0.4 is 14.4 Å². The quantitative estimate of drug-likeness (QED) is 0.448. The molecule has 0 spiro atoms. The summed E-state index contributed by atoms with van der Waals surface area (Å²) in [5.74, 6) is -3.92. The molecule has 12 heteroatoms. The number of rotatable bonds is 7. The average Bonchev–Trinajstić information content (AvgIpc) is 3.32. The molecule has 2 atom stereocenters. The Morgan fingerprint density at radius 3 is 2.17 bits per heavy atom. The van der Waals surface area contributed by atoms with E-state index in [2.05, 4.69) is 4.72 Å². The van der Waals surface area contributed by atoms with Gasteiger partial charge in [0.15, 0.2) is 11.6 Å². The number of ether oxygens (including phenoxy) is 1. The maximum atomic E-state index is 14.4. The minimum Gasteiger partial charge on any atom is -0.491 e. The molecule has 0 saturated carbocycles. The molecule has 2 heterocycles. The fourth-order valence-electron chi connectivity index (χ4n) is 5.53. The summed E-state index contributed by atoms with van der Waals surface area (Å²) in [6.45, 7) is 0.725. The van der Waals surface area contributed by atoms with Gasteiger partial charge in [0.25, 0.3) is 5.91 Å². The summed E-state index contributed by atoms with van der Waals surface area (Å²) in [5, 5.41) is 0. The summed E-state index contributed by atoms with van der Waals surface area (Å²) >= 11 is 0. The van der Waals surface area contributed by atoms with E-state index < -0.39 is 45.8 Å². The summed E-state index contributed by atoms with van der Waals surface area (Å²) < 4.78 is 62.3. The highest BCUT2D eigenvalue weighted by Gasteiger charge is 2.45. The highest BCUT2D eigenvalue weighted by atomic mass is 32.2. The lowest BCUT2D eigenvalue weighted by atomic mass is 9.90. The summed E-state index contributed by atoms with van der Waals surface area (Å²) in [6, 6.07) is 18.7. The van der Waals surface area contributed by atoms with Crippen LogP contribution in [0.4, 0.5) is 14.5 Å². The Balaban J connectivity index is 1.55. The van der Waals surface area contributed by atoms with Crippen LogP contribution in [-0.4, -0.2) is 75.3 Å². The number of likely N-dealkylation sites (tertiary alicyclic amines) is 1. The first kappa shape index (κ1) is 29.5. The molecule has 0 aliphatic carbocycles. The second-order valence-corrected chi connectivity index (χ2v) is 12.4. The van der Waals surface area contributed by atoms with Crippen molar-refractivity contribution in [1.82, 2.24) is 13.9 Å². The molecule has 3 aromatic rings. The van der Waals surface area contributed by atoms with Crippen LogP contribution in [-0.2, 0) is 19.8 Å². The normalized spacial score (nSPS) is 18.9. The van der Waals surface area contributed by atoms with Crippen molar-refractivity contribution in [2.45, 2.75) is 30.8 Å². The van der Waals surface area contributed by atoms with Crippen molar-refractivity contribution < 1.29 is 31.5 Å². The molecule has 3 aromatic carbocycles. The molecule has 9 nitrogen and oxygen atoms in total. The number of nitrogens with zero attached hydrogens (tertiary/aromatic N) is 3. The van der Waals surface area contributed by atoms with E-state index in [1.807, 2.05) is 65.6 Å². The highest BCUT2D eigenvalue weighted by molar-refractivity contribution is 7.87. The Labute approximate surface area is 243 Å². The zero-order chi connectivity index (χ0) is 30.0. The molecule has 1 N–H and O–H groups in total. The Kier molecular flexibility index (Phi) is 8.46. The molecule has 0 unspecified atom stereocenters. The lowest BCUT2D eigenvalue weighted by Gasteiger charge is -2.31. The third-order valence-electron chi connectivity index (χ3n) is 7.64. The van der Waals surface area contributed by atoms with Gasteiger partial charge in [-0.25, -0.2) is 13.5 Å². The van der Waals surface area contributed by atoms with Gasteiger partial charge in [0.05, 0.1) is 18.2 Å². The number of anilines is 1. The molecular weight excluding hydrogens is 566 g/mol. The third kappa shape index (κ3) is 5.95. The van der Waals surface area contributed by atoms with Gasteiger partial charge in [-0.1, -0.05) is 60.7 Å². The first-order valence-corrected chi connectivity index (χ1v) is 15.0. The molecule has 1 saturated heterocycles. The van der Waals surface area contributed by atoms with Gasteiger partial charge in [-0.3, -0.25) is 9.59 Å². The van der Waals surface area contributed by atoms with Gasteiger partial charge in [0.1, 0.15) is 11.8 Å². The summed E-state index contributed by atoms with van der Waals surface area (Å²) in [4.78, 5) is 31.2.